The number of amides is 1. The van der Waals surface area contributed by atoms with Crippen molar-refractivity contribution >= 4 is 29.2 Å². The van der Waals surface area contributed by atoms with Crippen LogP contribution in [0.15, 0.2) is 81.8 Å². The van der Waals surface area contributed by atoms with Crippen molar-refractivity contribution in [3.8, 4) is 0 Å². The Hall–Kier alpha value is -4.11. The first-order chi connectivity index (χ1) is 19.4. The molecule has 9 heteroatoms. The summed E-state index contributed by atoms with van der Waals surface area (Å²) in [6.45, 7) is 2.03. The molecule has 40 heavy (non-hydrogen) atoms. The molecule has 0 saturated heterocycles. The molecule has 2 aromatic carbocycles. The number of anilines is 1. The topological polar surface area (TPSA) is 104 Å². The average molecular weight is 543 g/mol. The number of hydroxylamine groups is 1. The summed E-state index contributed by atoms with van der Waals surface area (Å²) < 4.78 is 13.6. The molecular formula is C31H31FN4O4. The van der Waals surface area contributed by atoms with Crippen molar-refractivity contribution in [2.45, 2.75) is 57.7 Å². The van der Waals surface area contributed by atoms with Gasteiger partial charge >= 0.3 is 5.97 Å². The van der Waals surface area contributed by atoms with Gasteiger partial charge in [0.25, 0.3) is 5.91 Å². The summed E-state index contributed by atoms with van der Waals surface area (Å²) in [5.74, 6) is -0.139. The van der Waals surface area contributed by atoms with Gasteiger partial charge in [0.1, 0.15) is 11.7 Å². The first-order valence-corrected chi connectivity index (χ1v) is 13.8. The maximum absolute atomic E-state index is 13.8. The lowest BCUT2D eigenvalue weighted by Crippen LogP contribution is -2.48. The number of nitrogens with one attached hydrogen (secondary N) is 1. The van der Waals surface area contributed by atoms with Gasteiger partial charge in [0.05, 0.1) is 11.7 Å². The molecule has 1 amide bonds. The minimum Gasteiger partial charge on any atom is -0.481 e. The number of allylic oxidation sites excluding steroid dienone is 2. The number of hydrogen-bond acceptors (Lipinski definition) is 6. The average Bonchev–Trinajstić information content (AvgIpc) is 3.60. The molecule has 2 aliphatic carbocycles. The summed E-state index contributed by atoms with van der Waals surface area (Å²) >= 11 is 0. The zero-order valence-electron chi connectivity index (χ0n) is 22.2. The van der Waals surface area contributed by atoms with Crippen LogP contribution in [0.3, 0.4) is 0 Å². The lowest BCUT2D eigenvalue weighted by molar-refractivity contribution is -0.137. The number of fused-ring (bicyclic) bond motifs is 2. The molecule has 4 aliphatic rings. The molecule has 0 saturated carbocycles. The van der Waals surface area contributed by atoms with Crippen LogP contribution in [0.2, 0.25) is 0 Å². The number of unbranched alkanes of at least 4 members (excludes halogenated alkanes) is 1. The molecule has 0 spiro atoms. The number of carboxylic acid groups (broad SMARTS) is 1. The first kappa shape index (κ1) is 26.1. The highest BCUT2D eigenvalue weighted by Crippen LogP contribution is 2.37. The van der Waals surface area contributed by atoms with E-state index in [0.717, 1.165) is 18.4 Å². The quantitative estimate of drug-likeness (QED) is 0.468. The molecule has 3 unspecified atom stereocenters. The van der Waals surface area contributed by atoms with Gasteiger partial charge in [0.2, 0.25) is 0 Å². The highest BCUT2D eigenvalue weighted by atomic mass is 19.1. The molecule has 0 radical (unpaired) electrons. The minimum absolute atomic E-state index is 0.0500. The second-order valence-electron chi connectivity index (χ2n) is 10.8. The van der Waals surface area contributed by atoms with Crippen LogP contribution in [0.25, 0.3) is 0 Å². The van der Waals surface area contributed by atoms with E-state index in [2.05, 4.69) is 29.7 Å². The van der Waals surface area contributed by atoms with Gasteiger partial charge in [-0.3, -0.25) is 19.5 Å². The van der Waals surface area contributed by atoms with Gasteiger partial charge in [0, 0.05) is 35.8 Å². The molecule has 2 aromatic rings. The van der Waals surface area contributed by atoms with Crippen molar-refractivity contribution in [1.29, 1.82) is 0 Å². The Labute approximate surface area is 231 Å². The molecule has 2 N–H and O–H groups in total. The number of amidine groups is 2. The normalized spacial score (nSPS) is 24.0. The second kappa shape index (κ2) is 10.8. The van der Waals surface area contributed by atoms with Gasteiger partial charge in [-0.2, -0.15) is 0 Å². The maximum Gasteiger partial charge on any atom is 0.303 e. The number of aliphatic carboxylic acids is 1. The summed E-state index contributed by atoms with van der Waals surface area (Å²) in [5, 5.41) is 9.03. The summed E-state index contributed by atoms with van der Waals surface area (Å²) in [7, 11) is 0. The molecule has 8 nitrogen and oxygen atoms in total. The predicted molar refractivity (Wildman–Crippen MR) is 149 cm³/mol. The third-order valence-electron chi connectivity index (χ3n) is 8.14. The van der Waals surface area contributed by atoms with Crippen LogP contribution in [0.4, 0.5) is 10.1 Å². The van der Waals surface area contributed by atoms with Gasteiger partial charge < -0.3 is 5.11 Å². The summed E-state index contributed by atoms with van der Waals surface area (Å²) in [5.41, 5.74) is 7.72. The Morgan fingerprint density at radius 2 is 1.75 bits per heavy atom. The summed E-state index contributed by atoms with van der Waals surface area (Å²) in [4.78, 5) is 42.2. The van der Waals surface area contributed by atoms with Crippen LogP contribution in [0, 0.1) is 17.7 Å². The van der Waals surface area contributed by atoms with Crippen molar-refractivity contribution in [3.63, 3.8) is 0 Å². The fourth-order valence-electron chi connectivity index (χ4n) is 6.03. The number of carboxylic acids is 1. The lowest BCUT2D eigenvalue weighted by atomic mass is 9.81. The number of rotatable bonds is 8. The first-order valence-electron chi connectivity index (χ1n) is 13.8. The van der Waals surface area contributed by atoms with E-state index >= 15 is 0 Å². The monoisotopic (exact) mass is 542 g/mol. The zero-order valence-corrected chi connectivity index (χ0v) is 22.2. The van der Waals surface area contributed by atoms with E-state index in [1.54, 1.807) is 18.2 Å². The molecule has 6 rings (SSSR count). The number of nitrogens with zero attached hydrogens (tertiary/aromatic N) is 3. The predicted octanol–water partition coefficient (Wildman–Crippen LogP) is 4.76. The Kier molecular flexibility index (Phi) is 7.06. The Balaban J connectivity index is 1.26. The van der Waals surface area contributed by atoms with Crippen molar-refractivity contribution in [3.05, 3.63) is 88.8 Å². The second-order valence-corrected chi connectivity index (χ2v) is 10.8. The smallest absolute Gasteiger partial charge is 0.303 e. The van der Waals surface area contributed by atoms with Gasteiger partial charge in [0.15, 0.2) is 12.1 Å². The van der Waals surface area contributed by atoms with E-state index in [1.165, 1.54) is 28.2 Å². The molecule has 0 bridgehead atoms. The molecule has 2 aliphatic heterocycles. The highest BCUT2D eigenvalue weighted by molar-refractivity contribution is 6.25. The van der Waals surface area contributed by atoms with Gasteiger partial charge in [-0.1, -0.05) is 43.3 Å². The molecule has 0 aromatic heterocycles. The van der Waals surface area contributed by atoms with Crippen LogP contribution in [-0.4, -0.2) is 40.9 Å². The number of carbonyl (C=O) groups excluding carboxylic acids is 1. The molecule has 206 valence electrons. The lowest BCUT2D eigenvalue weighted by Gasteiger charge is -2.37. The van der Waals surface area contributed by atoms with Gasteiger partial charge in [-0.25, -0.2) is 19.7 Å². The van der Waals surface area contributed by atoms with Gasteiger partial charge in [-0.05, 0) is 61.1 Å². The standard InChI is InChI=1S/C31H31FN4O4/c1-18-24(29-34-30(40-35-29)21-16-19-6-2-3-7-20(19)17-21)14-15-25-28(18)33-26(8-4-5-9-27(37)38)36(31(25)39)23-12-10-22(32)11-13-23/h2-3,6-7,10-15,18,21,28,30H,4-5,8-9,16-17H2,1H3,(H,34,35)(H,37,38). The van der Waals surface area contributed by atoms with E-state index in [4.69, 9.17) is 19.9 Å². The van der Waals surface area contributed by atoms with E-state index < -0.39 is 17.8 Å². The number of benzene rings is 2. The number of aliphatic imine (C=N–C) groups is 2. The van der Waals surface area contributed by atoms with Crippen molar-refractivity contribution in [1.82, 2.24) is 5.48 Å². The fourth-order valence-corrected chi connectivity index (χ4v) is 6.03. The van der Waals surface area contributed by atoms with E-state index in [1.807, 2.05) is 13.0 Å². The summed E-state index contributed by atoms with van der Waals surface area (Å²) in [6, 6.07) is 13.8. The zero-order chi connectivity index (χ0) is 27.8. The molecule has 3 atom stereocenters. The molecular weight excluding hydrogens is 511 g/mol. The molecule has 2 heterocycles. The third-order valence-corrected chi connectivity index (χ3v) is 8.14. The van der Waals surface area contributed by atoms with Crippen LogP contribution < -0.4 is 10.4 Å². The van der Waals surface area contributed by atoms with E-state index in [0.29, 0.717) is 42.2 Å². The van der Waals surface area contributed by atoms with Crippen LogP contribution in [0.5, 0.6) is 0 Å². The van der Waals surface area contributed by atoms with Crippen LogP contribution >= 0.6 is 0 Å². The third kappa shape index (κ3) is 4.97. The van der Waals surface area contributed by atoms with Gasteiger partial charge in [-0.15, -0.1) is 0 Å². The van der Waals surface area contributed by atoms with Crippen molar-refractivity contribution < 1.29 is 23.9 Å². The maximum atomic E-state index is 13.8. The Morgan fingerprint density at radius 1 is 1.05 bits per heavy atom. The number of carbonyl (C=O) groups is 2. The highest BCUT2D eigenvalue weighted by Gasteiger charge is 2.41. The van der Waals surface area contributed by atoms with E-state index in [9.17, 15) is 14.0 Å². The fraction of sp³-hybridized carbons (Fsp3) is 0.355. The molecule has 0 fully saturated rings. The van der Waals surface area contributed by atoms with E-state index in [-0.39, 0.29) is 30.4 Å². The largest absolute Gasteiger partial charge is 0.481 e. The van der Waals surface area contributed by atoms with Crippen LogP contribution in [0.1, 0.15) is 43.7 Å². The Bertz CT molecular complexity index is 1440. The minimum atomic E-state index is -0.857. The number of hydrogen-bond donors (Lipinski definition) is 2. The van der Waals surface area contributed by atoms with Crippen molar-refractivity contribution in [2.75, 3.05) is 4.90 Å². The van der Waals surface area contributed by atoms with Crippen LogP contribution in [-0.2, 0) is 27.3 Å². The van der Waals surface area contributed by atoms with Crippen molar-refractivity contribution in [2.24, 2.45) is 21.8 Å². The summed E-state index contributed by atoms with van der Waals surface area (Å²) in [6.07, 6.45) is 6.76. The number of halogens is 1. The SMILES string of the molecule is CC1C(C2=NC(C3Cc4ccccc4C3)ON2)=CC=C2C(=O)N(c3ccc(F)cc3)C(CCCCC(=O)O)=NC21. The Morgan fingerprint density at radius 3 is 2.45 bits per heavy atom.